The number of hydrogen-bond donors (Lipinski definition) is 1. The highest BCUT2D eigenvalue weighted by Crippen LogP contribution is 2.42. The number of anilines is 1. The first-order chi connectivity index (χ1) is 12.5. The first kappa shape index (κ1) is 18.7. The van der Waals surface area contributed by atoms with Gasteiger partial charge in [0, 0.05) is 25.9 Å². The molecule has 2 fully saturated rings. The van der Waals surface area contributed by atoms with E-state index in [9.17, 15) is 9.59 Å². The van der Waals surface area contributed by atoms with Gasteiger partial charge in [0.05, 0.1) is 0 Å². The fraction of sp³-hybridized carbons (Fsp3) is 0.600. The van der Waals surface area contributed by atoms with Crippen LogP contribution in [0, 0.1) is 5.92 Å². The molecular weight excluding hydrogens is 332 g/mol. The molecule has 26 heavy (non-hydrogen) atoms. The summed E-state index contributed by atoms with van der Waals surface area (Å²) in [7, 11) is 1.58. The number of likely N-dealkylation sites (tertiary alicyclic amines) is 1. The molecule has 6 nitrogen and oxygen atoms in total. The average Bonchev–Trinajstić information content (AvgIpc) is 3.53. The molecule has 6 heteroatoms. The van der Waals surface area contributed by atoms with Crippen molar-refractivity contribution in [2.75, 3.05) is 32.1 Å². The second-order valence-corrected chi connectivity index (χ2v) is 7.29. The van der Waals surface area contributed by atoms with Crippen LogP contribution in [0.15, 0.2) is 24.3 Å². The molecule has 1 atom stereocenters. The molecule has 1 saturated heterocycles. The number of ether oxygens (including phenoxy) is 2. The lowest BCUT2D eigenvalue weighted by molar-refractivity contribution is -0.138. The van der Waals surface area contributed by atoms with Crippen molar-refractivity contribution in [3.63, 3.8) is 0 Å². The lowest BCUT2D eigenvalue weighted by atomic mass is 9.99. The Morgan fingerprint density at radius 2 is 1.81 bits per heavy atom. The molecule has 0 aromatic heterocycles. The summed E-state index contributed by atoms with van der Waals surface area (Å²) in [4.78, 5) is 26.5. The molecular formula is C20H28N2O4. The predicted molar refractivity (Wildman–Crippen MR) is 99.1 cm³/mol. The van der Waals surface area contributed by atoms with E-state index in [2.05, 4.69) is 5.32 Å². The van der Waals surface area contributed by atoms with Gasteiger partial charge in [-0.25, -0.2) is 0 Å². The number of carbonyl (C=O) groups excluding carboxylic acids is 2. The Kier molecular flexibility index (Phi) is 5.81. The number of nitrogens with one attached hydrogen (secondary N) is 1. The lowest BCUT2D eigenvalue weighted by Crippen LogP contribution is -2.44. The van der Waals surface area contributed by atoms with E-state index < -0.39 is 5.60 Å². The summed E-state index contributed by atoms with van der Waals surface area (Å²) in [6, 6.07) is 7.09. The van der Waals surface area contributed by atoms with Gasteiger partial charge in [0.2, 0.25) is 0 Å². The van der Waals surface area contributed by atoms with Gasteiger partial charge >= 0.3 is 0 Å². The second kappa shape index (κ2) is 8.08. The van der Waals surface area contributed by atoms with Crippen molar-refractivity contribution >= 4 is 17.5 Å². The number of amides is 2. The third-order valence-electron chi connectivity index (χ3n) is 5.41. The van der Waals surface area contributed by atoms with E-state index >= 15 is 0 Å². The fourth-order valence-corrected chi connectivity index (χ4v) is 3.35. The van der Waals surface area contributed by atoms with Crippen LogP contribution in [0.1, 0.15) is 39.0 Å². The van der Waals surface area contributed by atoms with Crippen LogP contribution in [-0.2, 0) is 14.3 Å². The Hall–Kier alpha value is -2.08. The van der Waals surface area contributed by atoms with Gasteiger partial charge < -0.3 is 19.7 Å². The van der Waals surface area contributed by atoms with Crippen LogP contribution in [0.25, 0.3) is 0 Å². The molecule has 0 spiro atoms. The van der Waals surface area contributed by atoms with Crippen molar-refractivity contribution in [2.45, 2.75) is 44.6 Å². The van der Waals surface area contributed by atoms with Crippen LogP contribution in [0.3, 0.4) is 0 Å². The molecule has 2 amide bonds. The van der Waals surface area contributed by atoms with Gasteiger partial charge in [-0.3, -0.25) is 9.59 Å². The highest BCUT2D eigenvalue weighted by Gasteiger charge is 2.47. The van der Waals surface area contributed by atoms with E-state index in [0.717, 1.165) is 38.8 Å². The lowest BCUT2D eigenvalue weighted by Gasteiger charge is -2.27. The number of carbonyl (C=O) groups is 2. The third kappa shape index (κ3) is 4.36. The predicted octanol–water partition coefficient (Wildman–Crippen LogP) is 2.83. The number of hydrogen-bond acceptors (Lipinski definition) is 4. The average molecular weight is 360 g/mol. The standard InChI is InChI=1S/C20H28N2O4/c1-20(25-2,15-6-7-15)19(24)21-16-8-10-17(11-9-16)26-14-18(23)22-12-4-3-5-13-22/h8-11,15H,3-7,12-14H2,1-2H3,(H,21,24). The monoisotopic (exact) mass is 360 g/mol. The Labute approximate surface area is 154 Å². The number of piperidine rings is 1. The van der Waals surface area contributed by atoms with Crippen molar-refractivity contribution < 1.29 is 19.1 Å². The van der Waals surface area contributed by atoms with Gasteiger partial charge in [-0.05, 0) is 69.2 Å². The normalized spacial score (nSPS) is 19.5. The molecule has 1 aliphatic carbocycles. The van der Waals surface area contributed by atoms with Crippen LogP contribution in [-0.4, -0.2) is 49.1 Å². The number of methoxy groups -OCH3 is 1. The van der Waals surface area contributed by atoms with Crippen LogP contribution >= 0.6 is 0 Å². The Morgan fingerprint density at radius 1 is 1.15 bits per heavy atom. The van der Waals surface area contributed by atoms with E-state index in [4.69, 9.17) is 9.47 Å². The van der Waals surface area contributed by atoms with Crippen molar-refractivity contribution in [2.24, 2.45) is 5.92 Å². The first-order valence-electron chi connectivity index (χ1n) is 9.40. The highest BCUT2D eigenvalue weighted by atomic mass is 16.5. The zero-order chi connectivity index (χ0) is 18.6. The summed E-state index contributed by atoms with van der Waals surface area (Å²) in [5.74, 6) is 0.805. The van der Waals surface area contributed by atoms with E-state index in [1.807, 2.05) is 11.8 Å². The van der Waals surface area contributed by atoms with Crippen molar-refractivity contribution in [1.82, 2.24) is 4.90 Å². The molecule has 1 saturated carbocycles. The molecule has 3 rings (SSSR count). The van der Waals surface area contributed by atoms with E-state index in [0.29, 0.717) is 11.4 Å². The quantitative estimate of drug-likeness (QED) is 0.812. The van der Waals surface area contributed by atoms with E-state index in [1.165, 1.54) is 6.42 Å². The number of rotatable bonds is 7. The maximum atomic E-state index is 12.5. The minimum atomic E-state index is -0.782. The molecule has 2 aliphatic rings. The van der Waals surface area contributed by atoms with Gasteiger partial charge in [0.25, 0.3) is 11.8 Å². The molecule has 0 radical (unpaired) electrons. The van der Waals surface area contributed by atoms with Crippen molar-refractivity contribution in [3.05, 3.63) is 24.3 Å². The minimum Gasteiger partial charge on any atom is -0.484 e. The summed E-state index contributed by atoms with van der Waals surface area (Å²) in [6.45, 7) is 3.54. The minimum absolute atomic E-state index is 0.0300. The second-order valence-electron chi connectivity index (χ2n) is 7.29. The summed E-state index contributed by atoms with van der Waals surface area (Å²) >= 11 is 0. The van der Waals surface area contributed by atoms with Gasteiger partial charge in [0.15, 0.2) is 6.61 Å². The van der Waals surface area contributed by atoms with Gasteiger partial charge in [-0.2, -0.15) is 0 Å². The first-order valence-corrected chi connectivity index (χ1v) is 9.40. The SMILES string of the molecule is COC(C)(C(=O)Nc1ccc(OCC(=O)N2CCCCC2)cc1)C1CC1. The summed E-state index contributed by atoms with van der Waals surface area (Å²) < 4.78 is 11.1. The topological polar surface area (TPSA) is 67.9 Å². The van der Waals surface area contributed by atoms with Crippen molar-refractivity contribution in [3.8, 4) is 5.75 Å². The molecule has 1 aromatic rings. The third-order valence-corrected chi connectivity index (χ3v) is 5.41. The van der Waals surface area contributed by atoms with Crippen LogP contribution in [0.2, 0.25) is 0 Å². The summed E-state index contributed by atoms with van der Waals surface area (Å²) in [5.41, 5.74) is -0.0932. The maximum Gasteiger partial charge on any atom is 0.260 e. The Balaban J connectivity index is 1.50. The largest absolute Gasteiger partial charge is 0.484 e. The van der Waals surface area contributed by atoms with E-state index in [1.54, 1.807) is 31.4 Å². The van der Waals surface area contributed by atoms with Crippen LogP contribution in [0.5, 0.6) is 5.75 Å². The van der Waals surface area contributed by atoms with Gasteiger partial charge in [-0.1, -0.05) is 0 Å². The fourth-order valence-electron chi connectivity index (χ4n) is 3.35. The smallest absolute Gasteiger partial charge is 0.260 e. The zero-order valence-corrected chi connectivity index (χ0v) is 15.6. The summed E-state index contributed by atoms with van der Waals surface area (Å²) in [6.07, 6.45) is 5.38. The Morgan fingerprint density at radius 3 is 2.38 bits per heavy atom. The van der Waals surface area contributed by atoms with Gasteiger partial charge in [0.1, 0.15) is 11.4 Å². The van der Waals surface area contributed by atoms with Gasteiger partial charge in [-0.15, -0.1) is 0 Å². The van der Waals surface area contributed by atoms with Crippen molar-refractivity contribution in [1.29, 1.82) is 0 Å². The molecule has 1 N–H and O–H groups in total. The molecule has 1 unspecified atom stereocenters. The van der Waals surface area contributed by atoms with E-state index in [-0.39, 0.29) is 24.3 Å². The number of benzene rings is 1. The molecule has 142 valence electrons. The number of nitrogens with zero attached hydrogens (tertiary/aromatic N) is 1. The summed E-state index contributed by atoms with van der Waals surface area (Å²) in [5, 5.41) is 2.90. The molecule has 1 aliphatic heterocycles. The maximum absolute atomic E-state index is 12.5. The Bertz CT molecular complexity index is 636. The highest BCUT2D eigenvalue weighted by molar-refractivity contribution is 5.97. The zero-order valence-electron chi connectivity index (χ0n) is 15.6. The molecule has 1 aromatic carbocycles. The molecule has 0 bridgehead atoms. The van der Waals surface area contributed by atoms with Crippen LogP contribution < -0.4 is 10.1 Å². The molecule has 1 heterocycles. The van der Waals surface area contributed by atoms with Crippen LogP contribution in [0.4, 0.5) is 5.69 Å².